The molecule has 240 valence electrons. The van der Waals surface area contributed by atoms with Gasteiger partial charge in [0, 0.05) is 24.2 Å². The Labute approximate surface area is 274 Å². The number of anilines is 1. The second-order valence-electron chi connectivity index (χ2n) is 11.1. The molecule has 0 aliphatic carbocycles. The molecule has 14 heteroatoms. The molecule has 1 N–H and O–H groups in total. The number of carboxylic acid groups (broad SMARTS) is 1. The number of hydrogen-bond donors (Lipinski definition) is 1. The lowest BCUT2D eigenvalue weighted by atomic mass is 10.1. The number of carbonyl (C=O) groups is 1. The number of nitrogens with zero attached hydrogens (tertiary/aromatic N) is 5. The van der Waals surface area contributed by atoms with Gasteiger partial charge >= 0.3 is 5.97 Å². The van der Waals surface area contributed by atoms with Gasteiger partial charge in [0.15, 0.2) is 23.1 Å². The first-order valence-corrected chi connectivity index (χ1v) is 14.7. The topological polar surface area (TPSA) is 111 Å². The van der Waals surface area contributed by atoms with E-state index in [9.17, 15) is 18.7 Å². The third-order valence-electron chi connectivity index (χ3n) is 8.16. The Kier molecular flexibility index (Phi) is 6.22. The molecule has 4 aromatic rings. The Hall–Kier alpha value is -4.62. The van der Waals surface area contributed by atoms with Gasteiger partial charge in [-0.05, 0) is 49.7 Å². The molecule has 7 rings (SSSR count). The first-order valence-electron chi connectivity index (χ1n) is 16.8. The second kappa shape index (κ2) is 11.6. The van der Waals surface area contributed by atoms with Crippen LogP contribution in [-0.2, 0) is 23.6 Å². The molecule has 3 aliphatic heterocycles. The highest BCUT2D eigenvalue weighted by molar-refractivity contribution is 6.30. The van der Waals surface area contributed by atoms with E-state index in [0.29, 0.717) is 54.8 Å². The highest BCUT2D eigenvalue weighted by Gasteiger charge is 2.43. The second-order valence-corrected chi connectivity index (χ2v) is 11.5. The number of hydrogen-bond acceptors (Lipinski definition) is 9. The van der Waals surface area contributed by atoms with Gasteiger partial charge in [-0.3, -0.25) is 5.01 Å². The summed E-state index contributed by atoms with van der Waals surface area (Å²) in [6, 6.07) is 10.1. The lowest BCUT2D eigenvalue weighted by Crippen LogP contribution is -2.38. The van der Waals surface area contributed by atoms with Crippen molar-refractivity contribution in [2.45, 2.75) is 45.2 Å². The summed E-state index contributed by atoms with van der Waals surface area (Å²) in [6.45, 7) is -3.08. The average Bonchev–Trinajstić information content (AvgIpc) is 3.58. The number of halogens is 3. The number of hydrazone groups is 1. The number of imidazole rings is 1. The number of ether oxygens (including phenoxy) is 4. The Morgan fingerprint density at radius 3 is 2.80 bits per heavy atom. The standard InChI is InChI=1S/C32H30ClF2N5O6/c1-3-43-25-14-18(31(41)42)13-23-29(25)37-26(40(23)15-19-9-12-44-19)16-39-11-10-38(17-36-39)22-5-4-6-24-30(22)46-32(2,45-24)20-7-8-21(33)28(35)27(20)34/h4-8,13-14,17,19H,3,9-12,15-16H2,1-2H3,(H,41,42)/t19-,32?/m0/s1/i1D3,3D2. The maximum atomic E-state index is 14.9. The minimum absolute atomic E-state index is 0.0853. The van der Waals surface area contributed by atoms with E-state index < -0.39 is 36.8 Å². The number of rotatable bonds is 9. The molecule has 0 radical (unpaired) electrons. The van der Waals surface area contributed by atoms with E-state index in [1.165, 1.54) is 25.1 Å². The highest BCUT2D eigenvalue weighted by atomic mass is 35.5. The fourth-order valence-corrected chi connectivity index (χ4v) is 5.86. The summed E-state index contributed by atoms with van der Waals surface area (Å²) in [4.78, 5) is 18.5. The number of fused-ring (bicyclic) bond motifs is 2. The number of benzene rings is 3. The van der Waals surface area contributed by atoms with Crippen LogP contribution < -0.4 is 19.1 Å². The number of aromatic carboxylic acids is 1. The van der Waals surface area contributed by atoms with Gasteiger partial charge in [-0.2, -0.15) is 5.10 Å². The zero-order valence-electron chi connectivity index (χ0n) is 29.3. The minimum Gasteiger partial charge on any atom is -0.492 e. The van der Waals surface area contributed by atoms with Crippen molar-refractivity contribution in [2.24, 2.45) is 5.10 Å². The van der Waals surface area contributed by atoms with Gasteiger partial charge in [-0.1, -0.05) is 17.7 Å². The van der Waals surface area contributed by atoms with E-state index in [1.54, 1.807) is 39.0 Å². The third kappa shape index (κ3) is 5.22. The van der Waals surface area contributed by atoms with Gasteiger partial charge in [-0.25, -0.2) is 18.6 Å². The molecule has 1 saturated heterocycles. The van der Waals surface area contributed by atoms with E-state index in [0.717, 1.165) is 12.5 Å². The molecule has 2 atom stereocenters. The number of para-hydroxylation sites is 1. The Morgan fingerprint density at radius 2 is 2.09 bits per heavy atom. The van der Waals surface area contributed by atoms with E-state index >= 15 is 0 Å². The fourth-order valence-electron chi connectivity index (χ4n) is 5.72. The molecule has 3 aromatic carbocycles. The maximum Gasteiger partial charge on any atom is 0.335 e. The van der Waals surface area contributed by atoms with E-state index in [1.807, 2.05) is 0 Å². The van der Waals surface area contributed by atoms with Crippen LogP contribution in [0.25, 0.3) is 11.0 Å². The van der Waals surface area contributed by atoms with Crippen molar-refractivity contribution < 1.29 is 44.5 Å². The summed E-state index contributed by atoms with van der Waals surface area (Å²) in [6.07, 6.45) is 2.13. The van der Waals surface area contributed by atoms with Gasteiger partial charge in [0.2, 0.25) is 0 Å². The van der Waals surface area contributed by atoms with Gasteiger partial charge in [0.25, 0.3) is 5.79 Å². The van der Waals surface area contributed by atoms with Crippen molar-refractivity contribution in [3.8, 4) is 17.2 Å². The Balaban J connectivity index is 1.17. The quantitative estimate of drug-likeness (QED) is 0.224. The van der Waals surface area contributed by atoms with E-state index in [-0.39, 0.29) is 40.1 Å². The van der Waals surface area contributed by atoms with Crippen molar-refractivity contribution in [2.75, 3.05) is 31.2 Å². The SMILES string of the molecule is [2H]C([2H])([2H])C([2H])([2H])Oc1cc(C(=O)O)cc2c1nc(CN1CCN(c3cccc4c3OC(C)(c3ccc(Cl)c(F)c3F)O4)C=N1)n2C[C@@H]1CCO1. The van der Waals surface area contributed by atoms with Crippen LogP contribution in [0.15, 0.2) is 47.6 Å². The van der Waals surface area contributed by atoms with Gasteiger partial charge in [-0.15, -0.1) is 0 Å². The van der Waals surface area contributed by atoms with Gasteiger partial charge < -0.3 is 33.5 Å². The molecule has 0 saturated carbocycles. The number of aromatic nitrogens is 2. The molecule has 46 heavy (non-hydrogen) atoms. The summed E-state index contributed by atoms with van der Waals surface area (Å²) in [5, 5.41) is 15.8. The van der Waals surface area contributed by atoms with Gasteiger partial charge in [0.1, 0.15) is 23.4 Å². The predicted molar refractivity (Wildman–Crippen MR) is 165 cm³/mol. The normalized spacial score (nSPS) is 22.5. The van der Waals surface area contributed by atoms with Crippen molar-refractivity contribution >= 4 is 40.6 Å². The Morgan fingerprint density at radius 1 is 1.24 bits per heavy atom. The van der Waals surface area contributed by atoms with E-state index in [4.69, 9.17) is 37.4 Å². The third-order valence-corrected chi connectivity index (χ3v) is 8.45. The van der Waals surface area contributed by atoms with Crippen LogP contribution in [-0.4, -0.2) is 64.3 Å². The molecule has 1 unspecified atom stereocenters. The van der Waals surface area contributed by atoms with Crippen molar-refractivity contribution in [3.63, 3.8) is 0 Å². The smallest absolute Gasteiger partial charge is 0.335 e. The molecule has 1 fully saturated rings. The van der Waals surface area contributed by atoms with Crippen LogP contribution in [0.4, 0.5) is 14.5 Å². The molecule has 11 nitrogen and oxygen atoms in total. The largest absolute Gasteiger partial charge is 0.492 e. The molecule has 3 aliphatic rings. The summed E-state index contributed by atoms with van der Waals surface area (Å²) in [5.41, 5.74) is 0.544. The maximum absolute atomic E-state index is 14.9. The lowest BCUT2D eigenvalue weighted by molar-refractivity contribution is -0.0709. The molecule has 0 bridgehead atoms. The number of carboxylic acids is 1. The summed E-state index contributed by atoms with van der Waals surface area (Å²) in [7, 11) is 0. The highest BCUT2D eigenvalue weighted by Crippen LogP contribution is 2.50. The monoisotopic (exact) mass is 658 g/mol. The van der Waals surface area contributed by atoms with Crippen LogP contribution in [0.1, 0.15) is 48.8 Å². The zero-order chi connectivity index (χ0) is 36.5. The predicted octanol–water partition coefficient (Wildman–Crippen LogP) is 5.76. The molecule has 1 aromatic heterocycles. The van der Waals surface area contributed by atoms with Crippen LogP contribution in [0.5, 0.6) is 17.2 Å². The van der Waals surface area contributed by atoms with E-state index in [2.05, 4.69) is 10.1 Å². The summed E-state index contributed by atoms with van der Waals surface area (Å²) < 4.78 is 92.8. The van der Waals surface area contributed by atoms with Crippen LogP contribution >= 0.6 is 11.6 Å². The molecule has 0 spiro atoms. The first-order chi connectivity index (χ1) is 24.0. The molecule has 4 heterocycles. The van der Waals surface area contributed by atoms with Crippen molar-refractivity contribution in [1.82, 2.24) is 14.6 Å². The van der Waals surface area contributed by atoms with Crippen LogP contribution in [0, 0.1) is 11.6 Å². The average molecular weight is 659 g/mol. The first kappa shape index (κ1) is 24.6. The summed E-state index contributed by atoms with van der Waals surface area (Å²) in [5.74, 6) is -4.68. The Bertz CT molecular complexity index is 2080. The van der Waals surface area contributed by atoms with Crippen LogP contribution in [0.2, 0.25) is 5.02 Å². The minimum atomic E-state index is -3.17. The zero-order valence-corrected chi connectivity index (χ0v) is 25.1. The van der Waals surface area contributed by atoms with Crippen LogP contribution in [0.3, 0.4) is 0 Å². The van der Waals surface area contributed by atoms with Crippen molar-refractivity contribution in [1.29, 1.82) is 0 Å². The lowest BCUT2D eigenvalue weighted by Gasteiger charge is -2.31. The fraction of sp³-hybridized carbons (Fsp3) is 0.344. The van der Waals surface area contributed by atoms with Crippen molar-refractivity contribution in [3.05, 3.63) is 76.1 Å². The molecule has 0 amide bonds. The summed E-state index contributed by atoms with van der Waals surface area (Å²) >= 11 is 5.75. The van der Waals surface area contributed by atoms with Gasteiger partial charge in [0.05, 0.1) is 62.4 Å². The molecular weight excluding hydrogens is 624 g/mol. The molecular formula is C32H30ClF2N5O6.